The van der Waals surface area contributed by atoms with E-state index in [0.29, 0.717) is 5.06 Å². The van der Waals surface area contributed by atoms with E-state index in [2.05, 4.69) is 4.94 Å². The van der Waals surface area contributed by atoms with E-state index in [1.54, 1.807) is 0 Å². The lowest BCUT2D eigenvalue weighted by Gasteiger charge is -2.18. The Morgan fingerprint density at radius 1 is 1.69 bits per heavy atom. The standard InChI is InChI=1S/C7H6ClFN4O3/c8-5-3-4(1-2-6(5)9)12(7(10)11)16-13(14)15/h1-3H,(H3,10,11). The van der Waals surface area contributed by atoms with E-state index < -0.39 is 16.9 Å². The van der Waals surface area contributed by atoms with Crippen molar-refractivity contribution in [3.63, 3.8) is 0 Å². The van der Waals surface area contributed by atoms with Gasteiger partial charge in [-0.15, -0.1) is 15.2 Å². The monoisotopic (exact) mass is 248 g/mol. The zero-order valence-electron chi connectivity index (χ0n) is 7.68. The summed E-state index contributed by atoms with van der Waals surface area (Å²) >= 11 is 5.46. The van der Waals surface area contributed by atoms with Crippen molar-refractivity contribution in [2.45, 2.75) is 0 Å². The number of nitrogens with zero attached hydrogens (tertiary/aromatic N) is 2. The van der Waals surface area contributed by atoms with Crippen LogP contribution < -0.4 is 10.8 Å². The third kappa shape index (κ3) is 2.70. The minimum atomic E-state index is -1.15. The van der Waals surface area contributed by atoms with Crippen LogP contribution in [0, 0.1) is 21.3 Å². The summed E-state index contributed by atoms with van der Waals surface area (Å²) in [4.78, 5) is 14.1. The van der Waals surface area contributed by atoms with Crippen LogP contribution in [0.1, 0.15) is 0 Å². The summed E-state index contributed by atoms with van der Waals surface area (Å²) in [5, 5.41) is 16.1. The predicted molar refractivity (Wildman–Crippen MR) is 53.9 cm³/mol. The average molecular weight is 249 g/mol. The van der Waals surface area contributed by atoms with Crippen molar-refractivity contribution in [1.82, 2.24) is 0 Å². The van der Waals surface area contributed by atoms with E-state index >= 15 is 0 Å². The van der Waals surface area contributed by atoms with Crippen molar-refractivity contribution in [2.24, 2.45) is 5.73 Å². The van der Waals surface area contributed by atoms with Crippen molar-refractivity contribution < 1.29 is 14.4 Å². The van der Waals surface area contributed by atoms with Gasteiger partial charge in [-0.05, 0) is 18.2 Å². The first-order valence-corrected chi connectivity index (χ1v) is 4.21. The molecule has 16 heavy (non-hydrogen) atoms. The molecule has 0 atom stereocenters. The first-order chi connectivity index (χ1) is 7.41. The van der Waals surface area contributed by atoms with Gasteiger partial charge in [-0.2, -0.15) is 4.94 Å². The van der Waals surface area contributed by atoms with Gasteiger partial charge in [0, 0.05) is 0 Å². The molecule has 1 rings (SSSR count). The molecule has 0 radical (unpaired) electrons. The summed E-state index contributed by atoms with van der Waals surface area (Å²) < 4.78 is 12.8. The lowest BCUT2D eigenvalue weighted by molar-refractivity contribution is -0.758. The molecular weight excluding hydrogens is 243 g/mol. The zero-order chi connectivity index (χ0) is 12.3. The maximum atomic E-state index is 12.8. The van der Waals surface area contributed by atoms with Gasteiger partial charge in [0.2, 0.25) is 5.96 Å². The predicted octanol–water partition coefficient (Wildman–Crippen LogP) is 1.30. The average Bonchev–Trinajstić information content (AvgIpc) is 2.18. The van der Waals surface area contributed by atoms with Gasteiger partial charge < -0.3 is 5.73 Å². The minimum Gasteiger partial charge on any atom is -0.368 e. The SMILES string of the molecule is N=C(N)N(O[N+](=O)[O-])c1ccc(F)c(Cl)c1. The molecule has 9 heteroatoms. The third-order valence-corrected chi connectivity index (χ3v) is 1.79. The minimum absolute atomic E-state index is 0.0319. The first-order valence-electron chi connectivity index (χ1n) is 3.83. The number of hydrogen-bond acceptors (Lipinski definition) is 4. The van der Waals surface area contributed by atoms with Crippen molar-refractivity contribution >= 4 is 23.2 Å². The van der Waals surface area contributed by atoms with Gasteiger partial charge in [0.25, 0.3) is 0 Å². The molecule has 0 amide bonds. The second-order valence-electron chi connectivity index (χ2n) is 2.58. The fourth-order valence-corrected chi connectivity index (χ4v) is 1.08. The van der Waals surface area contributed by atoms with Crippen LogP contribution in [0.4, 0.5) is 10.1 Å². The second-order valence-corrected chi connectivity index (χ2v) is 2.99. The largest absolute Gasteiger partial charge is 0.368 e. The van der Waals surface area contributed by atoms with Gasteiger partial charge >= 0.3 is 5.09 Å². The quantitative estimate of drug-likeness (QED) is 0.363. The topological polar surface area (TPSA) is 105 Å². The lowest BCUT2D eigenvalue weighted by Crippen LogP contribution is -2.38. The van der Waals surface area contributed by atoms with E-state index in [0.717, 1.165) is 18.2 Å². The Kier molecular flexibility index (Phi) is 3.46. The highest BCUT2D eigenvalue weighted by Gasteiger charge is 2.15. The van der Waals surface area contributed by atoms with Gasteiger partial charge in [-0.3, -0.25) is 5.41 Å². The van der Waals surface area contributed by atoms with Crippen molar-refractivity contribution in [1.29, 1.82) is 5.41 Å². The molecule has 0 unspecified atom stereocenters. The number of halogens is 2. The summed E-state index contributed by atoms with van der Waals surface area (Å²) in [6.45, 7) is 0. The molecule has 0 fully saturated rings. The van der Waals surface area contributed by atoms with Crippen LogP contribution >= 0.6 is 11.6 Å². The highest BCUT2D eigenvalue weighted by Crippen LogP contribution is 2.22. The Balaban J connectivity index is 3.06. The number of anilines is 1. The molecule has 7 nitrogen and oxygen atoms in total. The van der Waals surface area contributed by atoms with Gasteiger partial charge in [-0.1, -0.05) is 11.6 Å². The number of hydrogen-bond donors (Lipinski definition) is 2. The summed E-state index contributed by atoms with van der Waals surface area (Å²) in [6, 6.07) is 3.14. The maximum Gasteiger partial charge on any atom is 0.317 e. The molecule has 1 aromatic carbocycles. The second kappa shape index (κ2) is 4.62. The molecule has 0 bridgehead atoms. The third-order valence-electron chi connectivity index (χ3n) is 1.50. The van der Waals surface area contributed by atoms with Crippen LogP contribution in [-0.2, 0) is 4.94 Å². The molecule has 0 saturated carbocycles. The molecule has 0 aromatic heterocycles. The van der Waals surface area contributed by atoms with Gasteiger partial charge in [0.15, 0.2) is 0 Å². The van der Waals surface area contributed by atoms with Crippen LogP contribution in [0.15, 0.2) is 18.2 Å². The Bertz CT molecular complexity index is 442. The van der Waals surface area contributed by atoms with E-state index in [4.69, 9.17) is 22.7 Å². The number of nitrogens with two attached hydrogens (primary N) is 1. The summed E-state index contributed by atoms with van der Waals surface area (Å²) in [5.41, 5.74) is 5.02. The summed E-state index contributed by atoms with van der Waals surface area (Å²) in [7, 11) is 0. The molecule has 0 aliphatic heterocycles. The van der Waals surface area contributed by atoms with Crippen molar-refractivity contribution in [3.05, 3.63) is 39.2 Å². The number of nitrogens with one attached hydrogen (secondary N) is 1. The summed E-state index contributed by atoms with van der Waals surface area (Å²) in [6.07, 6.45) is 0. The molecule has 0 heterocycles. The molecule has 0 saturated heterocycles. The molecule has 0 spiro atoms. The smallest absolute Gasteiger partial charge is 0.317 e. The highest BCUT2D eigenvalue weighted by atomic mass is 35.5. The Morgan fingerprint density at radius 2 is 2.31 bits per heavy atom. The van der Waals surface area contributed by atoms with E-state index in [9.17, 15) is 14.5 Å². The normalized spacial score (nSPS) is 9.62. The molecular formula is C7H6ClFN4O3. The highest BCUT2D eigenvalue weighted by molar-refractivity contribution is 6.31. The zero-order valence-corrected chi connectivity index (χ0v) is 8.44. The van der Waals surface area contributed by atoms with Gasteiger partial charge in [0.1, 0.15) is 5.82 Å². The number of hydroxylamine groups is 1. The van der Waals surface area contributed by atoms with Crippen LogP contribution in [0.25, 0.3) is 0 Å². The molecule has 0 aliphatic rings. The number of benzene rings is 1. The molecule has 86 valence electrons. The van der Waals surface area contributed by atoms with E-state index in [1.165, 1.54) is 0 Å². The molecule has 0 aliphatic carbocycles. The maximum absolute atomic E-state index is 12.8. The fourth-order valence-electron chi connectivity index (χ4n) is 0.908. The van der Waals surface area contributed by atoms with Crippen LogP contribution in [0.5, 0.6) is 0 Å². The van der Waals surface area contributed by atoms with Crippen molar-refractivity contribution in [2.75, 3.05) is 5.06 Å². The molecule has 1 aromatic rings. The van der Waals surface area contributed by atoms with Crippen LogP contribution in [0.2, 0.25) is 5.02 Å². The van der Waals surface area contributed by atoms with E-state index in [1.807, 2.05) is 0 Å². The Labute approximate surface area is 93.7 Å². The van der Waals surface area contributed by atoms with E-state index in [-0.39, 0.29) is 10.7 Å². The van der Waals surface area contributed by atoms with Crippen LogP contribution in [-0.4, -0.2) is 11.0 Å². The van der Waals surface area contributed by atoms with Crippen molar-refractivity contribution in [3.8, 4) is 0 Å². The fraction of sp³-hybridized carbons (Fsp3) is 0. The lowest BCUT2D eigenvalue weighted by atomic mass is 10.3. The number of rotatable bonds is 3. The van der Waals surface area contributed by atoms with Gasteiger partial charge in [0.05, 0.1) is 10.7 Å². The number of guanidine groups is 1. The molecule has 3 N–H and O–H groups in total. The van der Waals surface area contributed by atoms with Gasteiger partial charge in [-0.25, -0.2) is 4.39 Å². The first kappa shape index (κ1) is 12.0. The Morgan fingerprint density at radius 3 is 2.75 bits per heavy atom. The summed E-state index contributed by atoms with van der Waals surface area (Å²) in [5.74, 6) is -1.44. The Hall–Kier alpha value is -2.09. The van der Waals surface area contributed by atoms with Crippen LogP contribution in [0.3, 0.4) is 0 Å².